The van der Waals surface area contributed by atoms with Crippen molar-refractivity contribution in [3.8, 4) is 0 Å². The van der Waals surface area contributed by atoms with Crippen molar-refractivity contribution >= 4 is 23.6 Å². The van der Waals surface area contributed by atoms with Crippen LogP contribution in [0.2, 0.25) is 0 Å². The number of amides is 2. The summed E-state index contributed by atoms with van der Waals surface area (Å²) in [6.07, 6.45) is -6.69. The second kappa shape index (κ2) is 10.3. The summed E-state index contributed by atoms with van der Waals surface area (Å²) in [4.78, 5) is 25.2. The Labute approximate surface area is 168 Å². The van der Waals surface area contributed by atoms with E-state index in [1.807, 2.05) is 0 Å². The second-order valence-electron chi connectivity index (χ2n) is 7.20. The Morgan fingerprint density at radius 2 is 1.96 bits per heavy atom. The summed E-state index contributed by atoms with van der Waals surface area (Å²) in [6.45, 7) is 3.61. The van der Waals surface area contributed by atoms with Crippen molar-refractivity contribution in [2.75, 3.05) is 18.9 Å². The van der Waals surface area contributed by atoms with Gasteiger partial charge in [-0.15, -0.1) is 11.8 Å². The maximum absolute atomic E-state index is 12.2. The van der Waals surface area contributed by atoms with Crippen molar-refractivity contribution in [3.63, 3.8) is 0 Å². The monoisotopic (exact) mass is 422 g/mol. The highest BCUT2D eigenvalue weighted by Gasteiger charge is 2.45. The number of aliphatic hydroxyl groups excluding tert-OH is 4. The Morgan fingerprint density at radius 1 is 1.29 bits per heavy atom. The first-order chi connectivity index (χ1) is 13.1. The molecule has 11 heteroatoms. The van der Waals surface area contributed by atoms with Crippen LogP contribution in [0.5, 0.6) is 0 Å². The summed E-state index contributed by atoms with van der Waals surface area (Å²) >= 11 is 1.16. The lowest BCUT2D eigenvalue weighted by Gasteiger charge is -2.40. The SMILES string of the molecule is CCN1C(=O)CC(SCC2O[C@H](OC[C@H](N)C[C@@H](C)O)C(O)C(O)[C@H]2O)C1=O. The van der Waals surface area contributed by atoms with Crippen molar-refractivity contribution in [3.05, 3.63) is 0 Å². The smallest absolute Gasteiger partial charge is 0.242 e. The minimum absolute atomic E-state index is 0.0175. The van der Waals surface area contributed by atoms with Crippen molar-refractivity contribution in [2.45, 2.75) is 74.8 Å². The third-order valence-corrected chi connectivity index (χ3v) is 6.06. The van der Waals surface area contributed by atoms with E-state index in [9.17, 15) is 30.0 Å². The highest BCUT2D eigenvalue weighted by atomic mass is 32.2. The van der Waals surface area contributed by atoms with Crippen LogP contribution >= 0.6 is 11.8 Å². The van der Waals surface area contributed by atoms with Crippen molar-refractivity contribution in [1.29, 1.82) is 0 Å². The summed E-state index contributed by atoms with van der Waals surface area (Å²) in [7, 11) is 0. The molecule has 0 aromatic heterocycles. The number of rotatable bonds is 9. The third-order valence-electron chi connectivity index (χ3n) is 4.77. The average Bonchev–Trinajstić information content (AvgIpc) is 2.90. The Bertz CT molecular complexity index is 551. The van der Waals surface area contributed by atoms with E-state index in [2.05, 4.69) is 0 Å². The molecule has 0 saturated carbocycles. The van der Waals surface area contributed by atoms with Gasteiger partial charge in [-0.25, -0.2) is 0 Å². The number of thioether (sulfide) groups is 1. The first-order valence-electron chi connectivity index (χ1n) is 9.36. The van der Waals surface area contributed by atoms with Gasteiger partial charge in [0.15, 0.2) is 6.29 Å². The molecule has 2 rings (SSSR count). The Morgan fingerprint density at radius 3 is 2.54 bits per heavy atom. The van der Waals surface area contributed by atoms with Crippen LogP contribution in [0.3, 0.4) is 0 Å². The molecule has 2 heterocycles. The van der Waals surface area contributed by atoms with Gasteiger partial charge in [-0.2, -0.15) is 0 Å². The van der Waals surface area contributed by atoms with E-state index < -0.39 is 48.1 Å². The van der Waals surface area contributed by atoms with Crippen LogP contribution in [0.4, 0.5) is 0 Å². The van der Waals surface area contributed by atoms with Gasteiger partial charge in [-0.3, -0.25) is 14.5 Å². The molecule has 6 N–H and O–H groups in total. The predicted molar refractivity (Wildman–Crippen MR) is 100 cm³/mol. The van der Waals surface area contributed by atoms with E-state index in [1.54, 1.807) is 13.8 Å². The molecule has 0 radical (unpaired) electrons. The summed E-state index contributed by atoms with van der Waals surface area (Å²) in [5.74, 6) is -0.384. The zero-order valence-electron chi connectivity index (χ0n) is 16.0. The molecular weight excluding hydrogens is 392 g/mol. The quantitative estimate of drug-likeness (QED) is 0.257. The Balaban J connectivity index is 1.91. The molecule has 2 aliphatic rings. The summed E-state index contributed by atoms with van der Waals surface area (Å²) in [5.41, 5.74) is 5.82. The molecule has 0 aromatic rings. The highest BCUT2D eigenvalue weighted by Crippen LogP contribution is 2.30. The maximum atomic E-state index is 12.2. The van der Waals surface area contributed by atoms with Crippen LogP contribution in [0.1, 0.15) is 26.7 Å². The van der Waals surface area contributed by atoms with Gasteiger partial charge in [0.1, 0.15) is 18.3 Å². The van der Waals surface area contributed by atoms with Crippen LogP contribution in [0.15, 0.2) is 0 Å². The molecule has 2 amide bonds. The zero-order valence-corrected chi connectivity index (χ0v) is 16.8. The first kappa shape index (κ1) is 23.5. The second-order valence-corrected chi connectivity index (χ2v) is 8.43. The fourth-order valence-electron chi connectivity index (χ4n) is 3.24. The molecule has 10 nitrogen and oxygen atoms in total. The van der Waals surface area contributed by atoms with E-state index in [4.69, 9.17) is 15.2 Å². The molecule has 0 aromatic carbocycles. The van der Waals surface area contributed by atoms with E-state index in [0.29, 0.717) is 13.0 Å². The fourth-order valence-corrected chi connectivity index (χ4v) is 4.47. The van der Waals surface area contributed by atoms with Gasteiger partial charge >= 0.3 is 0 Å². The predicted octanol–water partition coefficient (Wildman–Crippen LogP) is -2.21. The highest BCUT2D eigenvalue weighted by molar-refractivity contribution is 8.00. The van der Waals surface area contributed by atoms with Gasteiger partial charge in [0.25, 0.3) is 0 Å². The minimum Gasteiger partial charge on any atom is -0.393 e. The van der Waals surface area contributed by atoms with E-state index in [1.165, 1.54) is 4.90 Å². The van der Waals surface area contributed by atoms with Gasteiger partial charge in [0.05, 0.1) is 24.1 Å². The van der Waals surface area contributed by atoms with Crippen molar-refractivity contribution < 1.29 is 39.5 Å². The van der Waals surface area contributed by atoms with E-state index in [0.717, 1.165) is 11.8 Å². The Kier molecular flexibility index (Phi) is 8.64. The normalized spacial score (nSPS) is 36.0. The third kappa shape index (κ3) is 5.63. The summed E-state index contributed by atoms with van der Waals surface area (Å²) in [6, 6.07) is -0.491. The first-order valence-corrected chi connectivity index (χ1v) is 10.4. The number of carbonyl (C=O) groups is 2. The fraction of sp³-hybridized carbons (Fsp3) is 0.882. The topological polar surface area (TPSA) is 163 Å². The summed E-state index contributed by atoms with van der Waals surface area (Å²) in [5, 5.41) is 39.1. The zero-order chi connectivity index (χ0) is 21.0. The molecule has 0 spiro atoms. The van der Waals surface area contributed by atoms with Gasteiger partial charge < -0.3 is 35.6 Å². The van der Waals surface area contributed by atoms with Crippen molar-refractivity contribution in [1.82, 2.24) is 4.90 Å². The molecule has 0 aliphatic carbocycles. The lowest BCUT2D eigenvalue weighted by atomic mass is 10.00. The van der Waals surface area contributed by atoms with Crippen LogP contribution in [-0.2, 0) is 19.1 Å². The molecule has 2 saturated heterocycles. The Hall–Kier alpha value is -0.790. The number of aliphatic hydroxyl groups is 4. The van der Waals surface area contributed by atoms with Crippen LogP contribution in [-0.4, -0.2) is 104 Å². The number of nitrogens with zero attached hydrogens (tertiary/aromatic N) is 1. The van der Waals surface area contributed by atoms with Crippen LogP contribution in [0.25, 0.3) is 0 Å². The number of hydrogen-bond donors (Lipinski definition) is 5. The summed E-state index contributed by atoms with van der Waals surface area (Å²) < 4.78 is 11.0. The van der Waals surface area contributed by atoms with Gasteiger partial charge in [0, 0.05) is 24.8 Å². The van der Waals surface area contributed by atoms with E-state index in [-0.39, 0.29) is 30.6 Å². The number of likely N-dealkylation sites (tertiary alicyclic amines) is 1. The number of carbonyl (C=O) groups excluding carboxylic acids is 2. The molecule has 162 valence electrons. The molecule has 4 unspecified atom stereocenters. The van der Waals surface area contributed by atoms with Crippen LogP contribution < -0.4 is 5.73 Å². The number of hydrogen-bond acceptors (Lipinski definition) is 10. The molecule has 2 aliphatic heterocycles. The van der Waals surface area contributed by atoms with E-state index >= 15 is 0 Å². The number of imide groups is 1. The standard InChI is InChI=1S/C17H30N2O8S/c1-3-19-12(21)5-11(16(19)25)28-7-10-13(22)14(23)15(24)17(27-10)26-6-9(18)4-8(2)20/h8-11,13-15,17,20,22-24H,3-7,18H2,1-2H3/t8-,9-,10?,11?,13+,14?,15?,17+/m1/s1. The lowest BCUT2D eigenvalue weighted by molar-refractivity contribution is -0.293. The minimum atomic E-state index is -1.50. The van der Waals surface area contributed by atoms with Gasteiger partial charge in [-0.05, 0) is 20.3 Å². The maximum Gasteiger partial charge on any atom is 0.242 e. The average molecular weight is 423 g/mol. The molecule has 0 bridgehead atoms. The van der Waals surface area contributed by atoms with Crippen molar-refractivity contribution in [2.24, 2.45) is 5.73 Å². The number of nitrogens with two attached hydrogens (primary N) is 1. The molecule has 8 atom stereocenters. The van der Waals surface area contributed by atoms with Gasteiger partial charge in [0.2, 0.25) is 11.8 Å². The molecule has 2 fully saturated rings. The van der Waals surface area contributed by atoms with Crippen LogP contribution in [0, 0.1) is 0 Å². The number of ether oxygens (including phenoxy) is 2. The molecular formula is C17H30N2O8S. The molecule has 28 heavy (non-hydrogen) atoms. The largest absolute Gasteiger partial charge is 0.393 e. The van der Waals surface area contributed by atoms with Gasteiger partial charge in [-0.1, -0.05) is 0 Å². The lowest BCUT2D eigenvalue weighted by Crippen LogP contribution is -2.59.